The predicted molar refractivity (Wildman–Crippen MR) is 117 cm³/mol. The number of hydrogen-bond donors (Lipinski definition) is 3. The quantitative estimate of drug-likeness (QED) is 0.484. The number of H-pyrrole nitrogens is 1. The Morgan fingerprint density at radius 2 is 1.97 bits per heavy atom. The van der Waals surface area contributed by atoms with E-state index in [1.165, 1.54) is 11.3 Å². The van der Waals surface area contributed by atoms with Gasteiger partial charge in [-0.3, -0.25) is 19.3 Å². The molecule has 0 fully saturated rings. The van der Waals surface area contributed by atoms with Crippen LogP contribution in [0.3, 0.4) is 0 Å². The molecule has 7 nitrogen and oxygen atoms in total. The van der Waals surface area contributed by atoms with Gasteiger partial charge in [0.2, 0.25) is 11.8 Å². The molecule has 3 rings (SSSR count). The lowest BCUT2D eigenvalue weighted by molar-refractivity contribution is -0.124. The molecule has 3 N–H and O–H groups in total. The van der Waals surface area contributed by atoms with Crippen LogP contribution in [0.5, 0.6) is 0 Å². The molecule has 29 heavy (non-hydrogen) atoms. The standard InChI is InChI=1S/C20H23N5O2S2/c1-4-17(26)22-15-9-7-14(8-10-15)12(2)21-19(27)13(3)25-18(23-24-20(25)28)16-6-5-11-29-16/h5-13H,4H2,1-3H3,(H,21,27)(H,22,26)(H,24,28). The summed E-state index contributed by atoms with van der Waals surface area (Å²) >= 11 is 6.88. The van der Waals surface area contributed by atoms with Gasteiger partial charge in [0.1, 0.15) is 6.04 Å². The monoisotopic (exact) mass is 429 g/mol. The molecule has 0 aliphatic heterocycles. The lowest BCUT2D eigenvalue weighted by atomic mass is 10.1. The van der Waals surface area contributed by atoms with Gasteiger partial charge in [-0.25, -0.2) is 0 Å². The molecule has 3 aromatic rings. The minimum atomic E-state index is -0.524. The predicted octanol–water partition coefficient (Wildman–Crippen LogP) is 4.46. The van der Waals surface area contributed by atoms with Gasteiger partial charge in [0, 0.05) is 12.1 Å². The Morgan fingerprint density at radius 3 is 2.59 bits per heavy atom. The number of carbonyl (C=O) groups excluding carboxylic acids is 2. The van der Waals surface area contributed by atoms with E-state index in [1.54, 1.807) is 18.4 Å². The Morgan fingerprint density at radius 1 is 1.24 bits per heavy atom. The van der Waals surface area contributed by atoms with Crippen LogP contribution < -0.4 is 10.6 Å². The van der Waals surface area contributed by atoms with E-state index in [-0.39, 0.29) is 17.9 Å². The zero-order valence-electron chi connectivity index (χ0n) is 16.4. The number of thiophene rings is 1. The summed E-state index contributed by atoms with van der Waals surface area (Å²) in [5, 5.41) is 14.9. The van der Waals surface area contributed by atoms with Crippen molar-refractivity contribution >= 4 is 41.1 Å². The summed E-state index contributed by atoms with van der Waals surface area (Å²) in [6.07, 6.45) is 0.427. The minimum Gasteiger partial charge on any atom is -0.348 e. The number of amides is 2. The summed E-state index contributed by atoms with van der Waals surface area (Å²) < 4.78 is 2.13. The highest BCUT2D eigenvalue weighted by atomic mass is 32.1. The van der Waals surface area contributed by atoms with Crippen LogP contribution in [0.15, 0.2) is 41.8 Å². The first-order valence-electron chi connectivity index (χ1n) is 9.31. The first kappa shape index (κ1) is 20.9. The highest BCUT2D eigenvalue weighted by molar-refractivity contribution is 7.71. The van der Waals surface area contributed by atoms with Gasteiger partial charge in [-0.1, -0.05) is 25.1 Å². The first-order valence-corrected chi connectivity index (χ1v) is 10.6. The van der Waals surface area contributed by atoms with Gasteiger partial charge in [0.15, 0.2) is 10.6 Å². The topological polar surface area (TPSA) is 91.8 Å². The molecule has 0 spiro atoms. The van der Waals surface area contributed by atoms with Gasteiger partial charge in [-0.05, 0) is 55.2 Å². The van der Waals surface area contributed by atoms with Crippen molar-refractivity contribution in [2.45, 2.75) is 39.3 Å². The molecule has 9 heteroatoms. The number of rotatable bonds is 7. The largest absolute Gasteiger partial charge is 0.348 e. The van der Waals surface area contributed by atoms with E-state index < -0.39 is 6.04 Å². The number of nitrogens with one attached hydrogen (secondary N) is 3. The molecule has 0 bridgehead atoms. The smallest absolute Gasteiger partial charge is 0.243 e. The number of benzene rings is 1. The Balaban J connectivity index is 1.71. The third-order valence-electron chi connectivity index (χ3n) is 4.59. The zero-order chi connectivity index (χ0) is 21.0. The van der Waals surface area contributed by atoms with Crippen LogP contribution in [0.1, 0.15) is 44.8 Å². The van der Waals surface area contributed by atoms with Gasteiger partial charge in [0.25, 0.3) is 0 Å². The Labute approximate surface area is 178 Å². The van der Waals surface area contributed by atoms with Crippen molar-refractivity contribution in [2.75, 3.05) is 5.32 Å². The fraction of sp³-hybridized carbons (Fsp3) is 0.300. The van der Waals surface area contributed by atoms with Crippen LogP contribution in [-0.2, 0) is 9.59 Å². The maximum atomic E-state index is 12.9. The highest BCUT2D eigenvalue weighted by Gasteiger charge is 2.22. The molecule has 0 aliphatic carbocycles. The third-order valence-corrected chi connectivity index (χ3v) is 5.74. The molecule has 2 heterocycles. The zero-order valence-corrected chi connectivity index (χ0v) is 18.1. The molecule has 0 aliphatic rings. The molecule has 2 amide bonds. The maximum Gasteiger partial charge on any atom is 0.243 e. The van der Waals surface area contributed by atoms with Crippen molar-refractivity contribution < 1.29 is 9.59 Å². The van der Waals surface area contributed by atoms with Crippen molar-refractivity contribution in [1.82, 2.24) is 20.1 Å². The van der Waals surface area contributed by atoms with Crippen LogP contribution in [0.4, 0.5) is 5.69 Å². The molecule has 2 atom stereocenters. The van der Waals surface area contributed by atoms with Crippen molar-refractivity contribution in [2.24, 2.45) is 0 Å². The minimum absolute atomic E-state index is 0.0358. The first-order chi connectivity index (χ1) is 13.9. The van der Waals surface area contributed by atoms with Crippen molar-refractivity contribution in [3.63, 3.8) is 0 Å². The van der Waals surface area contributed by atoms with E-state index >= 15 is 0 Å². The number of nitrogens with zero attached hydrogens (tertiary/aromatic N) is 2. The SMILES string of the molecule is CCC(=O)Nc1ccc(C(C)NC(=O)C(C)n2c(-c3cccs3)n[nH]c2=S)cc1. The molecular formula is C20H23N5O2S2. The Kier molecular flexibility index (Phi) is 6.60. The lowest BCUT2D eigenvalue weighted by Crippen LogP contribution is -2.33. The fourth-order valence-corrected chi connectivity index (χ4v) is 3.88. The van der Waals surface area contributed by atoms with Gasteiger partial charge < -0.3 is 10.6 Å². The molecule has 2 aromatic heterocycles. The van der Waals surface area contributed by atoms with Crippen LogP contribution in [0.25, 0.3) is 10.7 Å². The molecule has 0 saturated heterocycles. The Hall–Kier alpha value is -2.78. The van der Waals surface area contributed by atoms with Crippen LogP contribution >= 0.6 is 23.6 Å². The number of aromatic nitrogens is 3. The number of aromatic amines is 1. The van der Waals surface area contributed by atoms with Crippen LogP contribution in [0.2, 0.25) is 0 Å². The molecule has 0 radical (unpaired) electrons. The van der Waals surface area contributed by atoms with Gasteiger partial charge in [0.05, 0.1) is 10.9 Å². The van der Waals surface area contributed by atoms with Gasteiger partial charge >= 0.3 is 0 Å². The molecule has 2 unspecified atom stereocenters. The van der Waals surface area contributed by atoms with Crippen LogP contribution in [-0.4, -0.2) is 26.6 Å². The second-order valence-corrected chi connectivity index (χ2v) is 7.96. The van der Waals surface area contributed by atoms with Gasteiger partial charge in [-0.2, -0.15) is 5.10 Å². The lowest BCUT2D eigenvalue weighted by Gasteiger charge is -2.20. The fourth-order valence-electron chi connectivity index (χ4n) is 2.88. The van der Waals surface area contributed by atoms with E-state index in [4.69, 9.17) is 12.2 Å². The highest BCUT2D eigenvalue weighted by Crippen LogP contribution is 2.26. The molecule has 0 saturated carbocycles. The van der Waals surface area contributed by atoms with E-state index in [1.807, 2.05) is 48.7 Å². The second kappa shape index (κ2) is 9.15. The number of anilines is 1. The van der Waals surface area contributed by atoms with Crippen LogP contribution in [0, 0.1) is 4.77 Å². The summed E-state index contributed by atoms with van der Waals surface area (Å²) in [6, 6.07) is 10.6. The van der Waals surface area contributed by atoms with E-state index in [0.29, 0.717) is 17.0 Å². The van der Waals surface area contributed by atoms with E-state index in [2.05, 4.69) is 20.8 Å². The van der Waals surface area contributed by atoms with Gasteiger partial charge in [-0.15, -0.1) is 11.3 Å². The van der Waals surface area contributed by atoms with E-state index in [0.717, 1.165) is 16.1 Å². The third kappa shape index (κ3) is 4.80. The molecule has 152 valence electrons. The number of hydrogen-bond acceptors (Lipinski definition) is 5. The Bertz CT molecular complexity index is 1040. The van der Waals surface area contributed by atoms with E-state index in [9.17, 15) is 9.59 Å². The second-order valence-electron chi connectivity index (χ2n) is 6.63. The summed E-state index contributed by atoms with van der Waals surface area (Å²) in [6.45, 7) is 5.52. The molecular weight excluding hydrogens is 406 g/mol. The summed E-state index contributed by atoms with van der Waals surface area (Å²) in [5.74, 6) is 0.457. The van der Waals surface area contributed by atoms with Crippen molar-refractivity contribution in [3.8, 4) is 10.7 Å². The average molecular weight is 430 g/mol. The maximum absolute atomic E-state index is 12.9. The van der Waals surface area contributed by atoms with Crippen molar-refractivity contribution in [1.29, 1.82) is 0 Å². The van der Waals surface area contributed by atoms with Crippen molar-refractivity contribution in [3.05, 3.63) is 52.1 Å². The summed E-state index contributed by atoms with van der Waals surface area (Å²) in [5.41, 5.74) is 1.67. The normalized spacial score (nSPS) is 12.9. The summed E-state index contributed by atoms with van der Waals surface area (Å²) in [7, 11) is 0. The number of carbonyl (C=O) groups is 2. The summed E-state index contributed by atoms with van der Waals surface area (Å²) in [4.78, 5) is 25.3. The average Bonchev–Trinajstić information content (AvgIpc) is 3.37. The molecule has 1 aromatic carbocycles.